The summed E-state index contributed by atoms with van der Waals surface area (Å²) in [4.78, 5) is 11.2. The minimum absolute atomic E-state index is 0.383. The molecule has 0 aliphatic rings. The maximum absolute atomic E-state index is 11.2. The first-order valence-corrected chi connectivity index (χ1v) is 8.41. The third kappa shape index (κ3) is 8.54. The zero-order chi connectivity index (χ0) is 16.1. The second-order valence-corrected chi connectivity index (χ2v) is 4.99. The Hall–Kier alpha value is -1.31. The second kappa shape index (κ2) is 12.4. The van der Waals surface area contributed by atoms with Crippen molar-refractivity contribution in [1.29, 1.82) is 0 Å². The van der Waals surface area contributed by atoms with Gasteiger partial charge in [-0.3, -0.25) is 4.79 Å². The fourth-order valence-electron chi connectivity index (χ4n) is 2.12. The van der Waals surface area contributed by atoms with Gasteiger partial charge in [-0.1, -0.05) is 39.3 Å². The molecule has 0 N–H and O–H groups in total. The summed E-state index contributed by atoms with van der Waals surface area (Å²) in [6.45, 7) is 10.7. The first kappa shape index (κ1) is 19.7. The first-order chi connectivity index (χ1) is 10.2. The summed E-state index contributed by atoms with van der Waals surface area (Å²) in [5, 5.41) is 0. The molecule has 0 aromatic heterocycles. The molecule has 0 saturated heterocycles. The Kier molecular flexibility index (Phi) is 11.7. The highest BCUT2D eigenvalue weighted by Crippen LogP contribution is 2.21. The Morgan fingerprint density at radius 3 is 2.43 bits per heavy atom. The van der Waals surface area contributed by atoms with Crippen LogP contribution in [-0.4, -0.2) is 12.4 Å². The molecule has 0 atom stereocenters. The quantitative estimate of drug-likeness (QED) is 0.562. The van der Waals surface area contributed by atoms with Crippen molar-refractivity contribution in [2.75, 3.05) is 6.61 Å². The lowest BCUT2D eigenvalue weighted by Gasteiger charge is -2.09. The maximum Gasteiger partial charge on any atom is 0.132 e. The van der Waals surface area contributed by atoms with Crippen LogP contribution in [0.4, 0.5) is 0 Å². The molecule has 0 aliphatic carbocycles. The van der Waals surface area contributed by atoms with Crippen LogP contribution in [0.15, 0.2) is 18.2 Å². The molecule has 21 heavy (non-hydrogen) atoms. The van der Waals surface area contributed by atoms with Crippen molar-refractivity contribution < 1.29 is 9.53 Å². The molecule has 1 rings (SSSR count). The molecule has 2 heteroatoms. The molecule has 0 spiro atoms. The molecule has 0 heterocycles. The van der Waals surface area contributed by atoms with Gasteiger partial charge in [-0.25, -0.2) is 0 Å². The number of rotatable bonds is 9. The Morgan fingerprint density at radius 2 is 1.81 bits per heavy atom. The third-order valence-corrected chi connectivity index (χ3v) is 3.37. The number of benzene rings is 1. The number of hydrogen-bond acceptors (Lipinski definition) is 2. The number of carbonyl (C=O) groups is 1. The molecule has 0 aliphatic heterocycles. The minimum atomic E-state index is 0.383. The predicted molar refractivity (Wildman–Crippen MR) is 91.2 cm³/mol. The van der Waals surface area contributed by atoms with E-state index in [1.165, 1.54) is 11.1 Å². The maximum atomic E-state index is 11.2. The average Bonchev–Trinajstić information content (AvgIpc) is 2.52. The van der Waals surface area contributed by atoms with Gasteiger partial charge >= 0.3 is 0 Å². The summed E-state index contributed by atoms with van der Waals surface area (Å²) in [7, 11) is 0. The van der Waals surface area contributed by atoms with Gasteiger partial charge in [0.25, 0.3) is 0 Å². The molecule has 1 aromatic rings. The summed E-state index contributed by atoms with van der Waals surface area (Å²) < 4.78 is 5.61. The number of aryl methyl sites for hydroxylation is 2. The van der Waals surface area contributed by atoms with Crippen molar-refractivity contribution in [3.8, 4) is 5.75 Å². The Bertz CT molecular complexity index is 397. The topological polar surface area (TPSA) is 26.3 Å². The van der Waals surface area contributed by atoms with Crippen molar-refractivity contribution in [3.05, 3.63) is 29.3 Å². The van der Waals surface area contributed by atoms with Crippen molar-refractivity contribution in [2.45, 2.75) is 73.1 Å². The molecule has 2 nitrogen and oxygen atoms in total. The normalized spacial score (nSPS) is 9.76. The van der Waals surface area contributed by atoms with E-state index in [0.29, 0.717) is 18.8 Å². The largest absolute Gasteiger partial charge is 0.494 e. The van der Waals surface area contributed by atoms with Gasteiger partial charge in [0, 0.05) is 12.8 Å². The lowest BCUT2D eigenvalue weighted by Crippen LogP contribution is -1.96. The van der Waals surface area contributed by atoms with Gasteiger partial charge in [-0.05, 0) is 50.3 Å². The van der Waals surface area contributed by atoms with Gasteiger partial charge in [0.15, 0.2) is 0 Å². The minimum Gasteiger partial charge on any atom is -0.494 e. The Balaban J connectivity index is 0.00000191. The zero-order valence-corrected chi connectivity index (χ0v) is 14.5. The monoisotopic (exact) mass is 292 g/mol. The van der Waals surface area contributed by atoms with Gasteiger partial charge in [0.05, 0.1) is 6.61 Å². The molecule has 0 radical (unpaired) electrons. The molecular weight excluding hydrogens is 260 g/mol. The number of unbranched alkanes of at least 4 members (excludes halogenated alkanes) is 2. The summed E-state index contributed by atoms with van der Waals surface area (Å²) >= 11 is 0. The van der Waals surface area contributed by atoms with Gasteiger partial charge in [-0.2, -0.15) is 0 Å². The van der Waals surface area contributed by atoms with Crippen LogP contribution >= 0.6 is 0 Å². The third-order valence-electron chi connectivity index (χ3n) is 3.37. The van der Waals surface area contributed by atoms with E-state index in [2.05, 4.69) is 25.1 Å². The standard InChI is InChI=1S/C17H26O2.C2H6/c1-4-16(18)10-8-6-7-9-15-12-11-14(3)17(13-15)19-5-2;1-2/h11-13H,4-10H2,1-3H3;1-2H3. The molecule has 120 valence electrons. The number of ether oxygens (including phenoxy) is 1. The fraction of sp³-hybridized carbons (Fsp3) is 0.632. The second-order valence-electron chi connectivity index (χ2n) is 4.99. The molecular formula is C19H32O2. The van der Waals surface area contributed by atoms with Crippen LogP contribution in [-0.2, 0) is 11.2 Å². The van der Waals surface area contributed by atoms with E-state index in [9.17, 15) is 4.79 Å². The van der Waals surface area contributed by atoms with Crippen LogP contribution in [0.5, 0.6) is 5.75 Å². The van der Waals surface area contributed by atoms with E-state index in [1.54, 1.807) is 0 Å². The lowest BCUT2D eigenvalue weighted by atomic mass is 10.0. The fourth-order valence-corrected chi connectivity index (χ4v) is 2.12. The smallest absolute Gasteiger partial charge is 0.132 e. The average molecular weight is 292 g/mol. The Morgan fingerprint density at radius 1 is 1.10 bits per heavy atom. The van der Waals surface area contributed by atoms with Crippen LogP contribution in [0.25, 0.3) is 0 Å². The lowest BCUT2D eigenvalue weighted by molar-refractivity contribution is -0.118. The number of carbonyl (C=O) groups excluding carboxylic acids is 1. The molecule has 0 bridgehead atoms. The van der Waals surface area contributed by atoms with E-state index in [4.69, 9.17) is 4.74 Å². The Labute approximate surface area is 130 Å². The van der Waals surface area contributed by atoms with Crippen LogP contribution in [0.2, 0.25) is 0 Å². The molecule has 0 fully saturated rings. The van der Waals surface area contributed by atoms with E-state index in [-0.39, 0.29) is 0 Å². The molecule has 0 amide bonds. The highest BCUT2D eigenvalue weighted by atomic mass is 16.5. The summed E-state index contributed by atoms with van der Waals surface area (Å²) in [6.07, 6.45) is 5.79. The van der Waals surface area contributed by atoms with Crippen molar-refractivity contribution in [1.82, 2.24) is 0 Å². The zero-order valence-electron chi connectivity index (χ0n) is 14.5. The number of Topliss-reactive ketones (excluding diaryl/α,β-unsaturated/α-hetero) is 1. The van der Waals surface area contributed by atoms with Crippen molar-refractivity contribution in [2.24, 2.45) is 0 Å². The number of ketones is 1. The summed E-state index contributed by atoms with van der Waals surface area (Å²) in [6, 6.07) is 6.45. The van der Waals surface area contributed by atoms with E-state index < -0.39 is 0 Å². The molecule has 1 aromatic carbocycles. The van der Waals surface area contributed by atoms with Crippen LogP contribution in [0.3, 0.4) is 0 Å². The van der Waals surface area contributed by atoms with Gasteiger partial charge < -0.3 is 4.74 Å². The molecule has 0 unspecified atom stereocenters. The first-order valence-electron chi connectivity index (χ1n) is 8.41. The van der Waals surface area contributed by atoms with Crippen LogP contribution in [0, 0.1) is 6.92 Å². The van der Waals surface area contributed by atoms with Gasteiger partial charge in [0.1, 0.15) is 11.5 Å². The summed E-state index contributed by atoms with van der Waals surface area (Å²) in [5.41, 5.74) is 2.52. The van der Waals surface area contributed by atoms with Gasteiger partial charge in [0.2, 0.25) is 0 Å². The number of hydrogen-bond donors (Lipinski definition) is 0. The van der Waals surface area contributed by atoms with Crippen LogP contribution < -0.4 is 4.74 Å². The van der Waals surface area contributed by atoms with Crippen molar-refractivity contribution in [3.63, 3.8) is 0 Å². The highest BCUT2D eigenvalue weighted by Gasteiger charge is 2.02. The SMILES string of the molecule is CC.CCOc1cc(CCCCCC(=O)CC)ccc1C. The van der Waals surface area contributed by atoms with Gasteiger partial charge in [-0.15, -0.1) is 0 Å². The predicted octanol–water partition coefficient (Wildman–Crippen LogP) is 5.50. The van der Waals surface area contributed by atoms with E-state index in [1.807, 2.05) is 27.7 Å². The molecule has 0 saturated carbocycles. The van der Waals surface area contributed by atoms with E-state index in [0.717, 1.165) is 37.9 Å². The summed E-state index contributed by atoms with van der Waals surface area (Å²) in [5.74, 6) is 1.38. The van der Waals surface area contributed by atoms with E-state index >= 15 is 0 Å². The van der Waals surface area contributed by atoms with Crippen LogP contribution in [0.1, 0.15) is 70.9 Å². The highest BCUT2D eigenvalue weighted by molar-refractivity contribution is 5.77. The van der Waals surface area contributed by atoms with Crippen molar-refractivity contribution >= 4 is 5.78 Å².